The Morgan fingerprint density at radius 1 is 1.12 bits per heavy atom. The monoisotopic (exact) mass is 436 g/mol. The number of nitrogens with one attached hydrogen (secondary N) is 2. The quantitative estimate of drug-likeness (QED) is 0.413. The number of ketones is 1. The van der Waals surface area contributed by atoms with E-state index in [0.717, 1.165) is 36.5 Å². The van der Waals surface area contributed by atoms with Gasteiger partial charge in [0.15, 0.2) is 11.6 Å². The zero-order valence-corrected chi connectivity index (χ0v) is 18.7. The van der Waals surface area contributed by atoms with Crippen molar-refractivity contribution in [3.8, 4) is 0 Å². The second kappa shape index (κ2) is 10.6. The van der Waals surface area contributed by atoms with Gasteiger partial charge in [0.05, 0.1) is 23.5 Å². The summed E-state index contributed by atoms with van der Waals surface area (Å²) in [5.41, 5.74) is 3.54. The lowest BCUT2D eigenvalue weighted by molar-refractivity contribution is -0.111. The van der Waals surface area contributed by atoms with E-state index in [9.17, 15) is 9.90 Å². The third-order valence-electron chi connectivity index (χ3n) is 5.86. The second-order valence-corrected chi connectivity index (χ2v) is 8.31. The van der Waals surface area contributed by atoms with Crippen molar-refractivity contribution in [2.45, 2.75) is 32.6 Å². The molecule has 0 amide bonds. The van der Waals surface area contributed by atoms with Crippen LogP contribution in [-0.2, 0) is 4.79 Å². The maximum Gasteiger partial charge on any atom is 0.183 e. The molecule has 1 aliphatic heterocycles. The first-order valence-corrected chi connectivity index (χ1v) is 11.5. The second-order valence-electron chi connectivity index (χ2n) is 8.31. The van der Waals surface area contributed by atoms with Crippen LogP contribution >= 0.6 is 0 Å². The van der Waals surface area contributed by atoms with E-state index in [4.69, 9.17) is 10.1 Å². The number of anilines is 1. The Kier molecular flexibility index (Phi) is 7.34. The number of piperidine rings is 1. The molecule has 0 aromatic carbocycles. The van der Waals surface area contributed by atoms with Crippen molar-refractivity contribution in [2.24, 2.45) is 4.99 Å². The van der Waals surface area contributed by atoms with Gasteiger partial charge in [-0.25, -0.2) is 9.51 Å². The predicted molar refractivity (Wildman–Crippen MR) is 128 cm³/mol. The average molecular weight is 437 g/mol. The third-order valence-corrected chi connectivity index (χ3v) is 5.86. The summed E-state index contributed by atoms with van der Waals surface area (Å²) in [5.74, 6) is 0.673. The minimum atomic E-state index is -0.0553. The molecule has 8 nitrogen and oxygen atoms in total. The number of carbonyl (C=O) groups is 1. The van der Waals surface area contributed by atoms with Crippen LogP contribution in [0, 0.1) is 0 Å². The fourth-order valence-corrected chi connectivity index (χ4v) is 4.13. The smallest absolute Gasteiger partial charge is 0.183 e. The number of aromatic nitrogens is 2. The number of carbonyl (C=O) groups excluding carboxylic acids is 1. The van der Waals surface area contributed by atoms with Gasteiger partial charge in [0.1, 0.15) is 5.69 Å². The lowest BCUT2D eigenvalue weighted by Crippen LogP contribution is -2.31. The average Bonchev–Trinajstić information content (AvgIpc) is 3.16. The summed E-state index contributed by atoms with van der Waals surface area (Å²) in [5, 5.41) is 20.5. The normalized spacial score (nSPS) is 18.7. The molecule has 0 bridgehead atoms. The number of aliphatic hydroxyl groups is 1. The summed E-state index contributed by atoms with van der Waals surface area (Å²) in [4.78, 5) is 19.6. The van der Waals surface area contributed by atoms with Crippen LogP contribution in [0.3, 0.4) is 0 Å². The van der Waals surface area contributed by atoms with Gasteiger partial charge in [0.2, 0.25) is 0 Å². The highest BCUT2D eigenvalue weighted by Crippen LogP contribution is 2.31. The summed E-state index contributed by atoms with van der Waals surface area (Å²) in [6, 6.07) is 5.89. The Morgan fingerprint density at radius 3 is 2.78 bits per heavy atom. The van der Waals surface area contributed by atoms with Gasteiger partial charge >= 0.3 is 0 Å². The molecule has 32 heavy (non-hydrogen) atoms. The highest BCUT2D eigenvalue weighted by Gasteiger charge is 2.19. The van der Waals surface area contributed by atoms with Gasteiger partial charge in [0.25, 0.3) is 0 Å². The van der Waals surface area contributed by atoms with Crippen molar-refractivity contribution >= 4 is 28.5 Å². The van der Waals surface area contributed by atoms with Crippen LogP contribution in [0.4, 0.5) is 11.5 Å². The van der Waals surface area contributed by atoms with E-state index < -0.39 is 0 Å². The fraction of sp³-hybridized carbons (Fsp3) is 0.458. The molecule has 0 spiro atoms. The molecule has 2 aromatic heterocycles. The first kappa shape index (κ1) is 22.2. The van der Waals surface area contributed by atoms with Gasteiger partial charge in [-0.3, -0.25) is 4.79 Å². The van der Waals surface area contributed by atoms with E-state index in [1.165, 1.54) is 32.4 Å². The van der Waals surface area contributed by atoms with E-state index in [2.05, 4.69) is 15.5 Å². The lowest BCUT2D eigenvalue weighted by atomic mass is 10.0. The Hall–Kier alpha value is -2.97. The summed E-state index contributed by atoms with van der Waals surface area (Å²) >= 11 is 0. The van der Waals surface area contributed by atoms with Gasteiger partial charge in [-0.15, -0.1) is 5.10 Å². The number of nitrogens with zero attached hydrogens (tertiary/aromatic N) is 4. The van der Waals surface area contributed by atoms with Gasteiger partial charge in [-0.05, 0) is 69.6 Å². The molecule has 0 saturated carbocycles. The summed E-state index contributed by atoms with van der Waals surface area (Å²) < 4.78 is 1.82. The molecule has 2 aliphatic rings. The first-order chi connectivity index (χ1) is 15.7. The maximum atomic E-state index is 12.2. The van der Waals surface area contributed by atoms with Gasteiger partial charge in [0, 0.05) is 25.4 Å². The Bertz CT molecular complexity index is 1050. The first-order valence-electron chi connectivity index (χ1n) is 11.5. The summed E-state index contributed by atoms with van der Waals surface area (Å²) in [6.07, 6.45) is 10.2. The molecule has 1 fully saturated rings. The predicted octanol–water partition coefficient (Wildman–Crippen LogP) is 2.69. The highest BCUT2D eigenvalue weighted by molar-refractivity contribution is 6.22. The number of likely N-dealkylation sites (tertiary alicyclic amines) is 1. The van der Waals surface area contributed by atoms with Crippen LogP contribution in [0.5, 0.6) is 0 Å². The van der Waals surface area contributed by atoms with Crippen molar-refractivity contribution in [3.05, 3.63) is 47.8 Å². The Labute approximate surface area is 188 Å². The molecule has 4 rings (SSSR count). The van der Waals surface area contributed by atoms with Crippen LogP contribution < -0.4 is 10.6 Å². The topological polar surface area (TPSA) is 94.3 Å². The van der Waals surface area contributed by atoms with Crippen molar-refractivity contribution in [1.29, 1.82) is 0 Å². The SMILES string of the molecule is CC1=C/C(=N\c2c(NCCCN3CCCCC3)nn3ccccc23)C(NCCO)=CC1=O. The summed E-state index contributed by atoms with van der Waals surface area (Å²) in [7, 11) is 0. The molecule has 2 aromatic rings. The third kappa shape index (κ3) is 5.26. The van der Waals surface area contributed by atoms with E-state index in [0.29, 0.717) is 23.5 Å². The largest absolute Gasteiger partial charge is 0.395 e. The van der Waals surface area contributed by atoms with Crippen molar-refractivity contribution in [3.63, 3.8) is 0 Å². The molecule has 3 heterocycles. The van der Waals surface area contributed by atoms with Crippen molar-refractivity contribution in [1.82, 2.24) is 19.8 Å². The van der Waals surface area contributed by atoms with Crippen LogP contribution in [0.15, 0.2) is 52.8 Å². The number of aliphatic hydroxyl groups excluding tert-OH is 1. The van der Waals surface area contributed by atoms with E-state index in [-0.39, 0.29) is 12.4 Å². The van der Waals surface area contributed by atoms with Crippen LogP contribution in [0.1, 0.15) is 32.6 Å². The van der Waals surface area contributed by atoms with E-state index >= 15 is 0 Å². The fourth-order valence-electron chi connectivity index (χ4n) is 4.13. The number of aliphatic imine (C=N–C) groups is 1. The molecule has 3 N–H and O–H groups in total. The van der Waals surface area contributed by atoms with Gasteiger partial charge in [-0.2, -0.15) is 0 Å². The van der Waals surface area contributed by atoms with Gasteiger partial charge < -0.3 is 20.6 Å². The molecule has 170 valence electrons. The van der Waals surface area contributed by atoms with Crippen LogP contribution in [0.2, 0.25) is 0 Å². The van der Waals surface area contributed by atoms with Crippen LogP contribution in [0.25, 0.3) is 5.52 Å². The lowest BCUT2D eigenvalue weighted by Gasteiger charge is -2.26. The highest BCUT2D eigenvalue weighted by atomic mass is 16.3. The van der Waals surface area contributed by atoms with E-state index in [1.807, 2.05) is 28.9 Å². The summed E-state index contributed by atoms with van der Waals surface area (Å²) in [6.45, 7) is 6.42. The zero-order valence-electron chi connectivity index (χ0n) is 18.7. The number of fused-ring (bicyclic) bond motifs is 1. The molecule has 0 atom stereocenters. The standard InChI is InChI=1S/C24H32N6O2/c1-18-16-20(19(17-22(18)32)25-10-15-31)27-23-21-8-3-6-14-30(21)28-24(23)26-9-7-13-29-11-4-2-5-12-29/h3,6,8,14,16-17,25,31H,2,4-5,7,9-13,15H2,1H3,(H,26,28)/b27-20+. The molecule has 0 radical (unpaired) electrons. The van der Waals surface area contributed by atoms with Crippen molar-refractivity contribution < 1.29 is 9.90 Å². The Morgan fingerprint density at radius 2 is 1.97 bits per heavy atom. The van der Waals surface area contributed by atoms with Crippen molar-refractivity contribution in [2.75, 3.05) is 44.6 Å². The molecular formula is C24H32N6O2. The number of rotatable bonds is 9. The minimum Gasteiger partial charge on any atom is -0.395 e. The maximum absolute atomic E-state index is 12.2. The molecule has 8 heteroatoms. The Balaban J connectivity index is 1.56. The molecule has 0 unspecified atom stereocenters. The molecule has 1 aliphatic carbocycles. The minimum absolute atomic E-state index is 0.0257. The number of allylic oxidation sites excluding steroid dienone is 3. The molecular weight excluding hydrogens is 404 g/mol. The molecule has 1 saturated heterocycles. The number of pyridine rings is 1. The van der Waals surface area contributed by atoms with E-state index in [1.54, 1.807) is 19.1 Å². The zero-order chi connectivity index (χ0) is 22.3. The number of hydrogen-bond acceptors (Lipinski definition) is 7. The van der Waals surface area contributed by atoms with Gasteiger partial charge in [-0.1, -0.05) is 12.5 Å². The number of hydrogen-bond donors (Lipinski definition) is 3. The van der Waals surface area contributed by atoms with Crippen LogP contribution in [-0.4, -0.2) is 70.4 Å².